The van der Waals surface area contributed by atoms with Gasteiger partial charge in [0.05, 0.1) is 4.92 Å². The van der Waals surface area contributed by atoms with Crippen LogP contribution in [0.4, 0.5) is 11.4 Å². The molecule has 1 N–H and O–H groups in total. The standard InChI is InChI=1S/C13H18N4O2/c1-16-10-2-3-11(16)7-9(6-10)15-12-4-5-14-8-13(12)17(18)19/h4-5,8-11H,2-3,6-7H2,1H3,(H,14,15)/t9?,10-,11+. The minimum atomic E-state index is -0.376. The van der Waals surface area contributed by atoms with Crippen molar-refractivity contribution in [1.29, 1.82) is 0 Å². The minimum absolute atomic E-state index is 0.0637. The van der Waals surface area contributed by atoms with Crippen LogP contribution in [0, 0.1) is 10.1 Å². The molecule has 0 aliphatic carbocycles. The second-order valence-electron chi connectivity index (χ2n) is 5.51. The van der Waals surface area contributed by atoms with Gasteiger partial charge in [-0.05, 0) is 38.8 Å². The number of hydrogen-bond donors (Lipinski definition) is 1. The Hall–Kier alpha value is -1.69. The summed E-state index contributed by atoms with van der Waals surface area (Å²) >= 11 is 0. The lowest BCUT2D eigenvalue weighted by atomic mass is 9.98. The Labute approximate surface area is 112 Å². The molecule has 3 rings (SSSR count). The maximum Gasteiger partial charge on any atom is 0.310 e. The van der Waals surface area contributed by atoms with E-state index in [4.69, 9.17) is 0 Å². The van der Waals surface area contributed by atoms with Crippen molar-refractivity contribution < 1.29 is 4.92 Å². The molecule has 0 spiro atoms. The number of nitro groups is 1. The molecule has 6 heteroatoms. The van der Waals surface area contributed by atoms with Gasteiger partial charge in [0.1, 0.15) is 11.9 Å². The summed E-state index contributed by atoms with van der Waals surface area (Å²) in [6.07, 6.45) is 7.53. The highest BCUT2D eigenvalue weighted by Crippen LogP contribution is 2.36. The highest BCUT2D eigenvalue weighted by Gasteiger charge is 2.38. The van der Waals surface area contributed by atoms with Gasteiger partial charge in [-0.1, -0.05) is 0 Å². The first-order valence-corrected chi connectivity index (χ1v) is 6.72. The summed E-state index contributed by atoms with van der Waals surface area (Å²) in [6, 6.07) is 3.27. The molecule has 0 aromatic carbocycles. The fourth-order valence-electron chi connectivity index (χ4n) is 3.40. The average molecular weight is 262 g/mol. The minimum Gasteiger partial charge on any atom is -0.377 e. The number of nitrogens with one attached hydrogen (secondary N) is 1. The molecule has 6 nitrogen and oxygen atoms in total. The number of rotatable bonds is 3. The lowest BCUT2D eigenvalue weighted by Crippen LogP contribution is -2.44. The molecule has 0 amide bonds. The van der Waals surface area contributed by atoms with Crippen molar-refractivity contribution in [3.05, 3.63) is 28.6 Å². The predicted molar refractivity (Wildman–Crippen MR) is 72.1 cm³/mol. The number of piperidine rings is 1. The van der Waals surface area contributed by atoms with E-state index in [0.29, 0.717) is 23.8 Å². The predicted octanol–water partition coefficient (Wildman–Crippen LogP) is 2.03. The first kappa shape index (κ1) is 12.3. The van der Waals surface area contributed by atoms with Crippen molar-refractivity contribution in [3.8, 4) is 0 Å². The van der Waals surface area contributed by atoms with Crippen molar-refractivity contribution in [2.45, 2.75) is 43.8 Å². The third-order valence-electron chi connectivity index (χ3n) is 4.45. The van der Waals surface area contributed by atoms with E-state index in [1.165, 1.54) is 19.0 Å². The number of anilines is 1. The third kappa shape index (κ3) is 2.28. The lowest BCUT2D eigenvalue weighted by Gasteiger charge is -2.36. The van der Waals surface area contributed by atoms with Crippen LogP contribution in [0.25, 0.3) is 0 Å². The zero-order valence-corrected chi connectivity index (χ0v) is 11.0. The van der Waals surface area contributed by atoms with Crippen LogP contribution >= 0.6 is 0 Å². The molecule has 2 aliphatic heterocycles. The summed E-state index contributed by atoms with van der Waals surface area (Å²) in [4.78, 5) is 16.9. The van der Waals surface area contributed by atoms with E-state index in [0.717, 1.165) is 12.8 Å². The molecule has 1 aromatic rings. The topological polar surface area (TPSA) is 71.3 Å². The van der Waals surface area contributed by atoms with Gasteiger partial charge in [-0.3, -0.25) is 15.1 Å². The van der Waals surface area contributed by atoms with Gasteiger partial charge in [0.15, 0.2) is 0 Å². The van der Waals surface area contributed by atoms with Crippen LogP contribution in [0.15, 0.2) is 18.5 Å². The van der Waals surface area contributed by atoms with Gasteiger partial charge in [0.2, 0.25) is 0 Å². The largest absolute Gasteiger partial charge is 0.377 e. The summed E-state index contributed by atoms with van der Waals surface area (Å²) in [7, 11) is 2.19. The highest BCUT2D eigenvalue weighted by atomic mass is 16.6. The van der Waals surface area contributed by atoms with Crippen molar-refractivity contribution in [3.63, 3.8) is 0 Å². The smallest absolute Gasteiger partial charge is 0.310 e. The molecule has 1 aromatic heterocycles. The lowest BCUT2D eigenvalue weighted by molar-refractivity contribution is -0.384. The average Bonchev–Trinajstić information content (AvgIpc) is 2.63. The van der Waals surface area contributed by atoms with E-state index >= 15 is 0 Å². The summed E-state index contributed by atoms with van der Waals surface area (Å²) < 4.78 is 0. The van der Waals surface area contributed by atoms with E-state index < -0.39 is 0 Å². The first-order valence-electron chi connectivity index (χ1n) is 6.72. The van der Waals surface area contributed by atoms with Gasteiger partial charge in [-0.2, -0.15) is 0 Å². The number of hydrogen-bond acceptors (Lipinski definition) is 5. The normalized spacial score (nSPS) is 30.3. The van der Waals surface area contributed by atoms with Gasteiger partial charge >= 0.3 is 5.69 Å². The number of aromatic nitrogens is 1. The molecule has 0 saturated carbocycles. The molecule has 2 aliphatic rings. The summed E-state index contributed by atoms with van der Waals surface area (Å²) in [5, 5.41) is 14.3. The Morgan fingerprint density at radius 3 is 2.74 bits per heavy atom. The van der Waals surface area contributed by atoms with Gasteiger partial charge in [0.25, 0.3) is 0 Å². The fourth-order valence-corrected chi connectivity index (χ4v) is 3.40. The van der Waals surface area contributed by atoms with Gasteiger partial charge in [0, 0.05) is 24.3 Å². The zero-order valence-electron chi connectivity index (χ0n) is 11.0. The SMILES string of the molecule is CN1[C@@H]2CC[C@H]1CC(Nc1ccncc1[N+](=O)[O-])C2. The van der Waals surface area contributed by atoms with Crippen LogP contribution in [-0.4, -0.2) is 40.0 Å². The second kappa shape index (κ2) is 4.77. The molecule has 0 radical (unpaired) electrons. The maximum atomic E-state index is 11.0. The molecule has 19 heavy (non-hydrogen) atoms. The van der Waals surface area contributed by atoms with Crippen molar-refractivity contribution in [2.24, 2.45) is 0 Å². The first-order chi connectivity index (χ1) is 9.15. The molecule has 3 atom stereocenters. The number of nitrogens with zero attached hydrogens (tertiary/aromatic N) is 3. The van der Waals surface area contributed by atoms with Gasteiger partial charge in [-0.25, -0.2) is 0 Å². The molecule has 102 valence electrons. The number of fused-ring (bicyclic) bond motifs is 2. The van der Waals surface area contributed by atoms with Crippen LogP contribution in [0.2, 0.25) is 0 Å². The van der Waals surface area contributed by atoms with Crippen LogP contribution in [0.1, 0.15) is 25.7 Å². The molecule has 1 unspecified atom stereocenters. The van der Waals surface area contributed by atoms with Gasteiger partial charge < -0.3 is 10.2 Å². The monoisotopic (exact) mass is 262 g/mol. The summed E-state index contributed by atoms with van der Waals surface area (Å²) in [5.74, 6) is 0. The van der Waals surface area contributed by atoms with Crippen LogP contribution in [-0.2, 0) is 0 Å². The fraction of sp³-hybridized carbons (Fsp3) is 0.615. The molecule has 2 fully saturated rings. The van der Waals surface area contributed by atoms with Crippen LogP contribution in [0.5, 0.6) is 0 Å². The maximum absolute atomic E-state index is 11.0. The van der Waals surface area contributed by atoms with Crippen LogP contribution < -0.4 is 5.32 Å². The van der Waals surface area contributed by atoms with Crippen molar-refractivity contribution in [2.75, 3.05) is 12.4 Å². The molecule has 3 heterocycles. The molecule has 2 bridgehead atoms. The molecule has 2 saturated heterocycles. The third-order valence-corrected chi connectivity index (χ3v) is 4.45. The Bertz CT molecular complexity index is 479. The Morgan fingerprint density at radius 1 is 1.42 bits per heavy atom. The van der Waals surface area contributed by atoms with E-state index in [1.807, 2.05) is 0 Å². The Kier molecular flexibility index (Phi) is 3.10. The van der Waals surface area contributed by atoms with E-state index in [2.05, 4.69) is 22.2 Å². The highest BCUT2D eigenvalue weighted by molar-refractivity contribution is 5.60. The Balaban J connectivity index is 1.74. The summed E-state index contributed by atoms with van der Waals surface area (Å²) in [5.41, 5.74) is 0.655. The summed E-state index contributed by atoms with van der Waals surface area (Å²) in [6.45, 7) is 0. The van der Waals surface area contributed by atoms with Crippen LogP contribution in [0.3, 0.4) is 0 Å². The molecular weight excluding hydrogens is 244 g/mol. The zero-order chi connectivity index (χ0) is 13.4. The quantitative estimate of drug-likeness (QED) is 0.666. The van der Waals surface area contributed by atoms with E-state index in [9.17, 15) is 10.1 Å². The number of pyridine rings is 1. The Morgan fingerprint density at radius 2 is 2.11 bits per heavy atom. The molecular formula is C13H18N4O2. The van der Waals surface area contributed by atoms with E-state index in [1.54, 1.807) is 12.3 Å². The second-order valence-corrected chi connectivity index (χ2v) is 5.51. The van der Waals surface area contributed by atoms with E-state index in [-0.39, 0.29) is 10.6 Å². The van der Waals surface area contributed by atoms with Crippen molar-refractivity contribution >= 4 is 11.4 Å². The van der Waals surface area contributed by atoms with Gasteiger partial charge in [-0.15, -0.1) is 0 Å². The van der Waals surface area contributed by atoms with Crippen molar-refractivity contribution in [1.82, 2.24) is 9.88 Å².